The minimum absolute atomic E-state index is 0.000903. The van der Waals surface area contributed by atoms with E-state index in [9.17, 15) is 4.79 Å². The van der Waals surface area contributed by atoms with E-state index in [-0.39, 0.29) is 5.69 Å². The first-order valence-corrected chi connectivity index (χ1v) is 7.77. The molecule has 2 aromatic rings. The average Bonchev–Trinajstić information content (AvgIpc) is 2.99. The standard InChI is InChI=1S/C17H24N4O/c1-12-10-20(3)17(22)21(12)15-7-5-4-6-14(15)16-8-13(9-18)11-19(16)2/h4-7,10,13,16H,8-9,11,18H2,1-3H3. The predicted molar refractivity (Wildman–Crippen MR) is 88.3 cm³/mol. The van der Waals surface area contributed by atoms with Gasteiger partial charge in [0.1, 0.15) is 0 Å². The fraction of sp³-hybridized carbons (Fsp3) is 0.471. The zero-order valence-corrected chi connectivity index (χ0v) is 13.5. The van der Waals surface area contributed by atoms with Crippen LogP contribution in [-0.2, 0) is 7.05 Å². The van der Waals surface area contributed by atoms with Crippen molar-refractivity contribution >= 4 is 0 Å². The molecule has 22 heavy (non-hydrogen) atoms. The molecule has 1 saturated heterocycles. The topological polar surface area (TPSA) is 56.2 Å². The molecule has 0 spiro atoms. The molecule has 1 fully saturated rings. The SMILES string of the molecule is Cc1cn(C)c(=O)n1-c1ccccc1C1CC(CN)CN1C. The van der Waals surface area contributed by atoms with Crippen LogP contribution in [0.5, 0.6) is 0 Å². The second kappa shape index (κ2) is 5.74. The van der Waals surface area contributed by atoms with Gasteiger partial charge in [-0.1, -0.05) is 18.2 Å². The molecular weight excluding hydrogens is 276 g/mol. The van der Waals surface area contributed by atoms with Crippen LogP contribution in [0.15, 0.2) is 35.3 Å². The molecule has 2 unspecified atom stereocenters. The molecule has 5 heteroatoms. The Morgan fingerprint density at radius 2 is 2.00 bits per heavy atom. The van der Waals surface area contributed by atoms with E-state index < -0.39 is 0 Å². The van der Waals surface area contributed by atoms with E-state index in [0.717, 1.165) is 24.3 Å². The molecule has 0 radical (unpaired) electrons. The highest BCUT2D eigenvalue weighted by Crippen LogP contribution is 2.36. The van der Waals surface area contributed by atoms with Gasteiger partial charge in [0.2, 0.25) is 0 Å². The monoisotopic (exact) mass is 300 g/mol. The third-order valence-corrected chi connectivity index (χ3v) is 4.73. The van der Waals surface area contributed by atoms with Crippen LogP contribution in [0.1, 0.15) is 23.7 Å². The molecule has 0 amide bonds. The second-order valence-electron chi connectivity index (χ2n) is 6.35. The van der Waals surface area contributed by atoms with Crippen LogP contribution < -0.4 is 11.4 Å². The maximum absolute atomic E-state index is 12.5. The van der Waals surface area contributed by atoms with Crippen molar-refractivity contribution in [3.05, 3.63) is 52.2 Å². The minimum Gasteiger partial charge on any atom is -0.330 e. The van der Waals surface area contributed by atoms with E-state index in [1.165, 1.54) is 5.56 Å². The second-order valence-corrected chi connectivity index (χ2v) is 6.35. The zero-order chi connectivity index (χ0) is 15.9. The molecule has 0 aliphatic carbocycles. The summed E-state index contributed by atoms with van der Waals surface area (Å²) in [7, 11) is 3.93. The Hall–Kier alpha value is -1.85. The summed E-state index contributed by atoms with van der Waals surface area (Å²) in [6.07, 6.45) is 2.92. The number of rotatable bonds is 3. The largest absolute Gasteiger partial charge is 0.332 e. The molecule has 2 heterocycles. The highest BCUT2D eigenvalue weighted by atomic mass is 16.1. The summed E-state index contributed by atoms with van der Waals surface area (Å²) in [6.45, 7) is 3.70. The van der Waals surface area contributed by atoms with Gasteiger partial charge in [0.25, 0.3) is 0 Å². The van der Waals surface area contributed by atoms with Crippen LogP contribution in [0.3, 0.4) is 0 Å². The lowest BCUT2D eigenvalue weighted by Gasteiger charge is -2.23. The van der Waals surface area contributed by atoms with Crippen LogP contribution in [0.2, 0.25) is 0 Å². The molecule has 5 nitrogen and oxygen atoms in total. The lowest BCUT2D eigenvalue weighted by atomic mass is 9.98. The van der Waals surface area contributed by atoms with E-state index in [2.05, 4.69) is 18.0 Å². The first-order chi connectivity index (χ1) is 10.5. The third kappa shape index (κ3) is 2.40. The summed E-state index contributed by atoms with van der Waals surface area (Å²) in [6, 6.07) is 8.52. The average molecular weight is 300 g/mol. The number of aryl methyl sites for hydroxylation is 2. The van der Waals surface area contributed by atoms with Gasteiger partial charge in [-0.2, -0.15) is 0 Å². The van der Waals surface area contributed by atoms with E-state index in [1.807, 2.05) is 31.3 Å². The summed E-state index contributed by atoms with van der Waals surface area (Å²) >= 11 is 0. The molecule has 0 saturated carbocycles. The van der Waals surface area contributed by atoms with Gasteiger partial charge >= 0.3 is 5.69 Å². The smallest absolute Gasteiger partial charge is 0.330 e. The van der Waals surface area contributed by atoms with Crippen LogP contribution >= 0.6 is 0 Å². The number of benzene rings is 1. The van der Waals surface area contributed by atoms with Gasteiger partial charge in [0.15, 0.2) is 0 Å². The zero-order valence-electron chi connectivity index (χ0n) is 13.5. The first kappa shape index (κ1) is 15.1. The summed E-state index contributed by atoms with van der Waals surface area (Å²) in [5, 5.41) is 0. The number of nitrogens with two attached hydrogens (primary N) is 1. The van der Waals surface area contributed by atoms with Crippen molar-refractivity contribution in [1.29, 1.82) is 0 Å². The number of imidazole rings is 1. The third-order valence-electron chi connectivity index (χ3n) is 4.73. The van der Waals surface area contributed by atoms with Crippen molar-refractivity contribution in [3.63, 3.8) is 0 Å². The normalized spacial score (nSPS) is 22.4. The van der Waals surface area contributed by atoms with Crippen LogP contribution in [0.4, 0.5) is 0 Å². The van der Waals surface area contributed by atoms with Gasteiger partial charge in [-0.3, -0.25) is 9.47 Å². The number of nitrogens with zero attached hydrogens (tertiary/aromatic N) is 3. The molecule has 2 atom stereocenters. The Morgan fingerprint density at radius 1 is 1.27 bits per heavy atom. The molecule has 118 valence electrons. The summed E-state index contributed by atoms with van der Waals surface area (Å²) in [4.78, 5) is 14.8. The van der Waals surface area contributed by atoms with Gasteiger partial charge in [-0.25, -0.2) is 4.79 Å². The Balaban J connectivity index is 2.10. The van der Waals surface area contributed by atoms with Gasteiger partial charge in [-0.15, -0.1) is 0 Å². The Labute approximate surface area is 131 Å². The summed E-state index contributed by atoms with van der Waals surface area (Å²) in [5.41, 5.74) is 9.00. The van der Waals surface area contributed by atoms with Crippen LogP contribution in [0.25, 0.3) is 5.69 Å². The molecule has 2 N–H and O–H groups in total. The van der Waals surface area contributed by atoms with Crippen molar-refractivity contribution in [2.45, 2.75) is 19.4 Å². The van der Waals surface area contributed by atoms with E-state index in [1.54, 1.807) is 16.2 Å². The molecule has 3 rings (SSSR count). The van der Waals surface area contributed by atoms with Gasteiger partial charge in [0, 0.05) is 31.5 Å². The molecule has 1 aliphatic heterocycles. The van der Waals surface area contributed by atoms with Crippen molar-refractivity contribution in [1.82, 2.24) is 14.0 Å². The van der Waals surface area contributed by atoms with Gasteiger partial charge < -0.3 is 10.3 Å². The highest BCUT2D eigenvalue weighted by molar-refractivity contribution is 5.44. The Morgan fingerprint density at radius 3 is 2.59 bits per heavy atom. The number of likely N-dealkylation sites (tertiary alicyclic amines) is 1. The molecule has 1 aliphatic rings. The van der Waals surface area contributed by atoms with E-state index in [4.69, 9.17) is 5.73 Å². The van der Waals surface area contributed by atoms with E-state index in [0.29, 0.717) is 18.5 Å². The minimum atomic E-state index is 0.000903. The van der Waals surface area contributed by atoms with Crippen LogP contribution in [-0.4, -0.2) is 34.2 Å². The Bertz CT molecular complexity index is 731. The van der Waals surface area contributed by atoms with Crippen molar-refractivity contribution in [3.8, 4) is 5.69 Å². The van der Waals surface area contributed by atoms with Crippen LogP contribution in [0, 0.1) is 12.8 Å². The molecular formula is C17H24N4O. The summed E-state index contributed by atoms with van der Waals surface area (Å²) in [5.74, 6) is 0.525. The van der Waals surface area contributed by atoms with Gasteiger partial charge in [-0.05, 0) is 44.5 Å². The molecule has 0 bridgehead atoms. The fourth-order valence-corrected chi connectivity index (χ4v) is 3.61. The maximum Gasteiger partial charge on any atom is 0.332 e. The Kier molecular flexibility index (Phi) is 3.93. The highest BCUT2D eigenvalue weighted by Gasteiger charge is 2.31. The van der Waals surface area contributed by atoms with E-state index >= 15 is 0 Å². The first-order valence-electron chi connectivity index (χ1n) is 7.77. The fourth-order valence-electron chi connectivity index (χ4n) is 3.61. The van der Waals surface area contributed by atoms with Crippen molar-refractivity contribution in [2.24, 2.45) is 18.7 Å². The quantitative estimate of drug-likeness (QED) is 0.933. The predicted octanol–water partition coefficient (Wildman–Crippen LogP) is 1.44. The number of aromatic nitrogens is 2. The lowest BCUT2D eigenvalue weighted by Crippen LogP contribution is -2.25. The van der Waals surface area contributed by atoms with Crippen molar-refractivity contribution in [2.75, 3.05) is 20.1 Å². The maximum atomic E-state index is 12.5. The lowest BCUT2D eigenvalue weighted by molar-refractivity contribution is 0.313. The number of hydrogen-bond donors (Lipinski definition) is 1. The molecule has 1 aromatic heterocycles. The molecule has 1 aromatic carbocycles. The number of hydrogen-bond acceptors (Lipinski definition) is 3. The van der Waals surface area contributed by atoms with Gasteiger partial charge in [0.05, 0.1) is 5.69 Å². The number of para-hydroxylation sites is 1. The summed E-state index contributed by atoms with van der Waals surface area (Å²) < 4.78 is 3.44. The van der Waals surface area contributed by atoms with Crippen molar-refractivity contribution < 1.29 is 0 Å².